The number of aliphatic hydroxyl groups is 1. The predicted octanol–water partition coefficient (Wildman–Crippen LogP) is 6.54. The van der Waals surface area contributed by atoms with E-state index in [0.717, 1.165) is 70.6 Å². The highest BCUT2D eigenvalue weighted by Gasteiger charge is 2.62. The summed E-state index contributed by atoms with van der Waals surface area (Å²) in [4.78, 5) is 25.1. The highest BCUT2D eigenvalue weighted by molar-refractivity contribution is 5.93. The quantitative estimate of drug-likeness (QED) is 0.244. The van der Waals surface area contributed by atoms with Crippen LogP contribution in [0.3, 0.4) is 0 Å². The summed E-state index contributed by atoms with van der Waals surface area (Å²) in [6.07, 6.45) is 12.9. The summed E-state index contributed by atoms with van der Waals surface area (Å²) in [6, 6.07) is 9.07. The van der Waals surface area contributed by atoms with Gasteiger partial charge < -0.3 is 14.8 Å². The number of ketones is 1. The topological polar surface area (TPSA) is 57.6 Å². The van der Waals surface area contributed by atoms with Crippen LogP contribution in [0.1, 0.15) is 96.0 Å². The monoisotopic (exact) mass is 513 g/mol. The van der Waals surface area contributed by atoms with Crippen LogP contribution in [-0.4, -0.2) is 36.4 Å². The van der Waals surface area contributed by atoms with Gasteiger partial charge in [-0.15, -0.1) is 5.92 Å². The van der Waals surface area contributed by atoms with Gasteiger partial charge in [-0.3, -0.25) is 4.79 Å². The van der Waals surface area contributed by atoms with Crippen LogP contribution in [0.15, 0.2) is 47.1 Å². The molecule has 5 rings (SSSR count). The zero-order valence-electron chi connectivity index (χ0n) is 23.4. The summed E-state index contributed by atoms with van der Waals surface area (Å²) in [7, 11) is 2.14. The Morgan fingerprint density at radius 2 is 1.89 bits per heavy atom. The molecular weight excluding hydrogens is 470 g/mol. The summed E-state index contributed by atoms with van der Waals surface area (Å²) < 4.78 is 0. The molecule has 1 N–H and O–H groups in total. The van der Waals surface area contributed by atoms with Crippen molar-refractivity contribution >= 4 is 17.8 Å². The van der Waals surface area contributed by atoms with E-state index in [4.69, 9.17) is 0 Å². The van der Waals surface area contributed by atoms with Crippen molar-refractivity contribution in [2.75, 3.05) is 18.5 Å². The van der Waals surface area contributed by atoms with Crippen LogP contribution in [0.2, 0.25) is 0 Å². The fourth-order valence-corrected chi connectivity index (χ4v) is 8.22. The number of rotatable bonds is 8. The van der Waals surface area contributed by atoms with E-state index in [2.05, 4.69) is 55.0 Å². The van der Waals surface area contributed by atoms with E-state index >= 15 is 0 Å². The zero-order chi connectivity index (χ0) is 26.9. The minimum atomic E-state index is -0.941. The van der Waals surface area contributed by atoms with Gasteiger partial charge in [0.15, 0.2) is 5.78 Å². The van der Waals surface area contributed by atoms with Crippen LogP contribution in [0, 0.1) is 29.1 Å². The number of hydrogen-bond donors (Lipinski definition) is 1. The molecule has 0 amide bonds. The number of aldehydes is 1. The molecule has 0 aliphatic heterocycles. The van der Waals surface area contributed by atoms with Gasteiger partial charge in [-0.05, 0) is 105 Å². The van der Waals surface area contributed by atoms with Crippen LogP contribution in [-0.2, 0) is 9.59 Å². The average molecular weight is 514 g/mol. The maximum Gasteiger partial charge on any atom is 0.156 e. The molecule has 0 unspecified atom stereocenters. The summed E-state index contributed by atoms with van der Waals surface area (Å²) in [5.41, 5.74) is 5.61. The number of carbonyl (C=O) groups excluding carboxylic acids is 2. The lowest BCUT2D eigenvalue weighted by Crippen LogP contribution is -2.51. The van der Waals surface area contributed by atoms with Crippen LogP contribution in [0.5, 0.6) is 0 Å². The van der Waals surface area contributed by atoms with Crippen LogP contribution in [0.25, 0.3) is 0 Å². The van der Waals surface area contributed by atoms with Gasteiger partial charge in [0.1, 0.15) is 11.9 Å². The highest BCUT2D eigenvalue weighted by Crippen LogP contribution is 2.66. The van der Waals surface area contributed by atoms with Gasteiger partial charge in [-0.25, -0.2) is 0 Å². The van der Waals surface area contributed by atoms with E-state index in [0.29, 0.717) is 24.7 Å². The summed E-state index contributed by atoms with van der Waals surface area (Å²) in [5, 5.41) is 11.8. The molecule has 2 saturated carbocycles. The molecule has 2 fully saturated rings. The van der Waals surface area contributed by atoms with Crippen LogP contribution >= 0.6 is 0 Å². The molecule has 0 heterocycles. The van der Waals surface area contributed by atoms with Crippen LogP contribution in [0.4, 0.5) is 5.69 Å². The maximum atomic E-state index is 12.3. The number of anilines is 1. The Balaban J connectivity index is 1.48. The molecule has 4 aliphatic carbocycles. The van der Waals surface area contributed by atoms with Gasteiger partial charge >= 0.3 is 0 Å². The van der Waals surface area contributed by atoms with E-state index < -0.39 is 5.60 Å². The largest absolute Gasteiger partial charge is 0.377 e. The third-order valence-corrected chi connectivity index (χ3v) is 10.3. The van der Waals surface area contributed by atoms with Crippen molar-refractivity contribution in [2.45, 2.75) is 96.0 Å². The van der Waals surface area contributed by atoms with E-state index in [1.807, 2.05) is 13.0 Å². The number of carbonyl (C=O) groups is 2. The Morgan fingerprint density at radius 1 is 1.11 bits per heavy atom. The Morgan fingerprint density at radius 3 is 2.63 bits per heavy atom. The second kappa shape index (κ2) is 10.9. The van der Waals surface area contributed by atoms with Crippen molar-refractivity contribution in [1.82, 2.24) is 0 Å². The normalized spacial score (nSPS) is 31.9. The molecule has 0 bridgehead atoms. The summed E-state index contributed by atoms with van der Waals surface area (Å²) in [6.45, 7) is 5.12. The molecule has 1 aromatic carbocycles. The first-order valence-corrected chi connectivity index (χ1v) is 14.7. The first kappa shape index (κ1) is 26.9. The van der Waals surface area contributed by atoms with E-state index in [-0.39, 0.29) is 17.1 Å². The minimum Gasteiger partial charge on any atom is -0.377 e. The van der Waals surface area contributed by atoms with E-state index in [1.54, 1.807) is 5.57 Å². The molecule has 4 aliphatic rings. The van der Waals surface area contributed by atoms with Gasteiger partial charge in [0, 0.05) is 43.5 Å². The summed E-state index contributed by atoms with van der Waals surface area (Å²) >= 11 is 0. The molecule has 0 radical (unpaired) electrons. The van der Waals surface area contributed by atoms with E-state index in [1.165, 1.54) is 22.4 Å². The molecule has 202 valence electrons. The SMILES string of the molecule is CC#C[C@]1(O)CC[C@H]2[C@@H]3CCC4=CC(=O)CCC4=C3[C@@H](c3ccc(N(C)CCCCCC=O)cc3)C[C@@]21C. The van der Waals surface area contributed by atoms with E-state index in [9.17, 15) is 14.7 Å². The lowest BCUT2D eigenvalue weighted by Gasteiger charge is -2.53. The maximum absolute atomic E-state index is 12.3. The van der Waals surface area contributed by atoms with Crippen molar-refractivity contribution in [1.29, 1.82) is 0 Å². The number of fused-ring (bicyclic) bond motifs is 4. The molecular formula is C34H43NO3. The third-order valence-electron chi connectivity index (χ3n) is 10.3. The Labute approximate surface area is 228 Å². The first-order valence-electron chi connectivity index (χ1n) is 14.7. The molecule has 0 aromatic heterocycles. The van der Waals surface area contributed by atoms with Crippen molar-refractivity contribution < 1.29 is 14.7 Å². The molecule has 4 heteroatoms. The van der Waals surface area contributed by atoms with Gasteiger partial charge in [0.05, 0.1) is 0 Å². The smallest absolute Gasteiger partial charge is 0.156 e. The zero-order valence-corrected chi connectivity index (χ0v) is 23.4. The Kier molecular flexibility index (Phi) is 7.70. The number of allylic oxidation sites excluding steroid dienone is 4. The molecule has 4 nitrogen and oxygen atoms in total. The fourth-order valence-electron chi connectivity index (χ4n) is 8.22. The van der Waals surface area contributed by atoms with Crippen molar-refractivity contribution in [3.8, 4) is 11.8 Å². The van der Waals surface area contributed by atoms with Gasteiger partial charge in [0.2, 0.25) is 0 Å². The average Bonchev–Trinajstić information content (AvgIpc) is 3.17. The minimum absolute atomic E-state index is 0.235. The standard InChI is InChI=1S/C34H43NO3/c1-4-18-34(38)19-17-31-29-15-11-25-22-27(37)14-16-28(25)32(29)30(23-33(31,34)2)24-9-12-26(13-10-24)35(3)20-7-5-6-8-21-36/h9-10,12-13,21-22,29-31,38H,5-8,11,14-17,19-20,23H2,1-3H3/t29-,30+,31-,33-,34-/m0/s1. The lowest BCUT2D eigenvalue weighted by atomic mass is 9.51. The molecule has 38 heavy (non-hydrogen) atoms. The molecule has 0 saturated heterocycles. The highest BCUT2D eigenvalue weighted by atomic mass is 16.3. The van der Waals surface area contributed by atoms with Gasteiger partial charge in [-0.1, -0.05) is 37.0 Å². The summed E-state index contributed by atoms with van der Waals surface area (Å²) in [5.74, 6) is 7.68. The lowest BCUT2D eigenvalue weighted by molar-refractivity contribution is -0.114. The first-order chi connectivity index (χ1) is 18.3. The Bertz CT molecular complexity index is 1200. The number of nitrogens with zero attached hydrogens (tertiary/aromatic N) is 1. The number of hydrogen-bond acceptors (Lipinski definition) is 4. The fraction of sp³-hybridized carbons (Fsp3) is 0.588. The number of unbranched alkanes of at least 4 members (excludes halogenated alkanes) is 3. The molecule has 5 atom stereocenters. The van der Waals surface area contributed by atoms with Crippen molar-refractivity contribution in [3.05, 3.63) is 52.6 Å². The third kappa shape index (κ3) is 4.68. The molecule has 0 spiro atoms. The second-order valence-electron chi connectivity index (χ2n) is 12.3. The second-order valence-corrected chi connectivity index (χ2v) is 12.3. The van der Waals surface area contributed by atoms with Crippen molar-refractivity contribution in [3.63, 3.8) is 0 Å². The van der Waals surface area contributed by atoms with Crippen molar-refractivity contribution in [2.24, 2.45) is 17.3 Å². The van der Waals surface area contributed by atoms with Gasteiger partial charge in [0.25, 0.3) is 0 Å². The van der Waals surface area contributed by atoms with Gasteiger partial charge in [-0.2, -0.15) is 0 Å². The molecule has 1 aromatic rings. The number of benzene rings is 1. The van der Waals surface area contributed by atoms with Crippen LogP contribution < -0.4 is 4.90 Å². The predicted molar refractivity (Wildman–Crippen MR) is 153 cm³/mol. The Hall–Kier alpha value is -2.64.